The van der Waals surface area contributed by atoms with E-state index in [4.69, 9.17) is 0 Å². The van der Waals surface area contributed by atoms with E-state index in [0.29, 0.717) is 5.25 Å². The second-order valence-electron chi connectivity index (χ2n) is 3.96. The fourth-order valence-electron chi connectivity index (χ4n) is 1.75. The molecule has 0 radical (unpaired) electrons. The normalized spacial score (nSPS) is 27.9. The highest BCUT2D eigenvalue weighted by Crippen LogP contribution is 2.36. The average molecular weight is 241 g/mol. The maximum atomic E-state index is 11.8. The molecule has 15 heavy (non-hydrogen) atoms. The van der Waals surface area contributed by atoms with E-state index in [9.17, 15) is 4.79 Å². The molecule has 0 spiro atoms. The van der Waals surface area contributed by atoms with Gasteiger partial charge < -0.3 is 4.90 Å². The van der Waals surface area contributed by atoms with Crippen molar-refractivity contribution in [1.82, 2.24) is 4.90 Å². The van der Waals surface area contributed by atoms with Gasteiger partial charge in [0.2, 0.25) is 5.91 Å². The van der Waals surface area contributed by atoms with Gasteiger partial charge in [-0.3, -0.25) is 4.79 Å². The van der Waals surface area contributed by atoms with Gasteiger partial charge in [-0.25, -0.2) is 0 Å². The van der Waals surface area contributed by atoms with Crippen LogP contribution in [-0.4, -0.2) is 30.2 Å². The number of nitrogens with zero attached hydrogens (tertiary/aromatic N) is 1. The summed E-state index contributed by atoms with van der Waals surface area (Å²) in [5.74, 6) is 1.37. The van der Waals surface area contributed by atoms with Gasteiger partial charge in [-0.15, -0.1) is 11.3 Å². The van der Waals surface area contributed by atoms with Crippen LogP contribution in [0.4, 0.5) is 0 Å². The van der Waals surface area contributed by atoms with Crippen molar-refractivity contribution < 1.29 is 4.79 Å². The van der Waals surface area contributed by atoms with Crippen LogP contribution >= 0.6 is 23.1 Å². The average Bonchev–Trinajstić information content (AvgIpc) is 2.71. The summed E-state index contributed by atoms with van der Waals surface area (Å²) in [7, 11) is 1.91. The molecule has 1 fully saturated rings. The summed E-state index contributed by atoms with van der Waals surface area (Å²) in [5.41, 5.74) is 0. The second kappa shape index (κ2) is 4.58. The largest absolute Gasteiger partial charge is 0.344 e. The van der Waals surface area contributed by atoms with Crippen molar-refractivity contribution in [2.75, 3.05) is 19.3 Å². The standard InChI is InChI=1S/C11H15NOS2/c1-8-7-15-10(6-12(2)11(8)13)9-4-3-5-14-9/h3-5,8,10H,6-7H2,1-2H3. The molecule has 1 aliphatic heterocycles. The lowest BCUT2D eigenvalue weighted by atomic mass is 10.2. The van der Waals surface area contributed by atoms with Crippen molar-refractivity contribution in [1.29, 1.82) is 0 Å². The molecular formula is C11H15NOS2. The van der Waals surface area contributed by atoms with Gasteiger partial charge in [0.1, 0.15) is 0 Å². The number of hydrogen-bond donors (Lipinski definition) is 0. The van der Waals surface area contributed by atoms with Gasteiger partial charge in [0.15, 0.2) is 0 Å². The number of carbonyl (C=O) groups excluding carboxylic acids is 1. The number of rotatable bonds is 1. The molecule has 0 aromatic carbocycles. The quantitative estimate of drug-likeness (QED) is 0.753. The fourth-order valence-corrected chi connectivity index (χ4v) is 4.05. The molecule has 2 rings (SSSR count). The van der Waals surface area contributed by atoms with Crippen molar-refractivity contribution in [2.45, 2.75) is 12.2 Å². The van der Waals surface area contributed by atoms with E-state index in [-0.39, 0.29) is 11.8 Å². The zero-order chi connectivity index (χ0) is 10.8. The van der Waals surface area contributed by atoms with E-state index in [1.54, 1.807) is 11.3 Å². The molecule has 1 saturated heterocycles. The zero-order valence-corrected chi connectivity index (χ0v) is 10.6. The van der Waals surface area contributed by atoms with E-state index >= 15 is 0 Å². The van der Waals surface area contributed by atoms with Crippen LogP contribution in [0.3, 0.4) is 0 Å². The zero-order valence-electron chi connectivity index (χ0n) is 8.97. The Kier molecular flexibility index (Phi) is 3.36. The van der Waals surface area contributed by atoms with Crippen molar-refractivity contribution in [3.8, 4) is 0 Å². The Balaban J connectivity index is 2.13. The lowest BCUT2D eigenvalue weighted by molar-refractivity contribution is -0.132. The highest BCUT2D eigenvalue weighted by atomic mass is 32.2. The van der Waals surface area contributed by atoms with Gasteiger partial charge >= 0.3 is 0 Å². The maximum absolute atomic E-state index is 11.8. The minimum atomic E-state index is 0.157. The van der Waals surface area contributed by atoms with Crippen molar-refractivity contribution in [3.05, 3.63) is 22.4 Å². The van der Waals surface area contributed by atoms with E-state index in [2.05, 4.69) is 17.5 Å². The third kappa shape index (κ3) is 2.37. The predicted molar refractivity (Wildman–Crippen MR) is 66.3 cm³/mol. The summed E-state index contributed by atoms with van der Waals surface area (Å²) in [6.07, 6.45) is 0. The lowest BCUT2D eigenvalue weighted by Gasteiger charge is -2.19. The Bertz CT molecular complexity index is 336. The van der Waals surface area contributed by atoms with Gasteiger partial charge in [0.05, 0.1) is 5.25 Å². The van der Waals surface area contributed by atoms with Crippen LogP contribution in [0, 0.1) is 5.92 Å². The SMILES string of the molecule is CC1CSC(c2cccs2)CN(C)C1=O. The summed E-state index contributed by atoms with van der Waals surface area (Å²) < 4.78 is 0. The Morgan fingerprint density at radius 2 is 2.33 bits per heavy atom. The molecule has 82 valence electrons. The van der Waals surface area contributed by atoms with Crippen LogP contribution in [0.1, 0.15) is 17.1 Å². The molecule has 2 heterocycles. The Labute approximate surface area is 98.7 Å². The topological polar surface area (TPSA) is 20.3 Å². The molecular weight excluding hydrogens is 226 g/mol. The van der Waals surface area contributed by atoms with Gasteiger partial charge in [-0.2, -0.15) is 11.8 Å². The molecule has 2 unspecified atom stereocenters. The highest BCUT2D eigenvalue weighted by molar-refractivity contribution is 7.99. The molecule has 2 nitrogen and oxygen atoms in total. The first-order valence-electron chi connectivity index (χ1n) is 5.08. The van der Waals surface area contributed by atoms with Crippen LogP contribution in [0.25, 0.3) is 0 Å². The van der Waals surface area contributed by atoms with Crippen molar-refractivity contribution >= 4 is 29.0 Å². The number of carbonyl (C=O) groups is 1. The van der Waals surface area contributed by atoms with Crippen LogP contribution in [0.5, 0.6) is 0 Å². The van der Waals surface area contributed by atoms with Crippen molar-refractivity contribution in [3.63, 3.8) is 0 Å². The molecule has 0 bridgehead atoms. The maximum Gasteiger partial charge on any atom is 0.226 e. The van der Waals surface area contributed by atoms with Gasteiger partial charge in [0.25, 0.3) is 0 Å². The number of thiophene rings is 1. The van der Waals surface area contributed by atoms with Crippen LogP contribution in [0.2, 0.25) is 0 Å². The lowest BCUT2D eigenvalue weighted by Crippen LogP contribution is -2.32. The number of thioether (sulfide) groups is 1. The van der Waals surface area contributed by atoms with E-state index in [1.807, 2.05) is 30.6 Å². The molecule has 2 atom stereocenters. The highest BCUT2D eigenvalue weighted by Gasteiger charge is 2.27. The van der Waals surface area contributed by atoms with Gasteiger partial charge in [-0.1, -0.05) is 13.0 Å². The number of hydrogen-bond acceptors (Lipinski definition) is 3. The predicted octanol–water partition coefficient (Wildman–Crippen LogP) is 2.63. The van der Waals surface area contributed by atoms with E-state index in [1.165, 1.54) is 4.88 Å². The molecule has 1 aromatic heterocycles. The Morgan fingerprint density at radius 1 is 1.53 bits per heavy atom. The summed E-state index contributed by atoms with van der Waals surface area (Å²) in [6.45, 7) is 2.86. The van der Waals surface area contributed by atoms with Crippen LogP contribution in [-0.2, 0) is 4.79 Å². The summed E-state index contributed by atoms with van der Waals surface area (Å²) in [4.78, 5) is 15.0. The smallest absolute Gasteiger partial charge is 0.226 e. The molecule has 0 aliphatic carbocycles. The van der Waals surface area contributed by atoms with Gasteiger partial charge in [-0.05, 0) is 11.4 Å². The molecule has 1 amide bonds. The summed E-state index contributed by atoms with van der Waals surface area (Å²) in [6, 6.07) is 4.24. The third-order valence-corrected chi connectivity index (χ3v) is 5.28. The third-order valence-electron chi connectivity index (χ3n) is 2.65. The van der Waals surface area contributed by atoms with E-state index < -0.39 is 0 Å². The second-order valence-corrected chi connectivity index (χ2v) is 6.17. The van der Waals surface area contributed by atoms with Gasteiger partial charge in [0, 0.05) is 30.1 Å². The first-order valence-corrected chi connectivity index (χ1v) is 7.01. The monoisotopic (exact) mass is 241 g/mol. The molecule has 0 N–H and O–H groups in total. The van der Waals surface area contributed by atoms with Crippen molar-refractivity contribution in [2.24, 2.45) is 5.92 Å². The summed E-state index contributed by atoms with van der Waals surface area (Å²) >= 11 is 3.69. The summed E-state index contributed by atoms with van der Waals surface area (Å²) in [5, 5.41) is 2.57. The first kappa shape index (κ1) is 11.0. The molecule has 1 aliphatic rings. The molecule has 1 aromatic rings. The molecule has 4 heteroatoms. The number of amides is 1. The van der Waals surface area contributed by atoms with E-state index in [0.717, 1.165) is 12.3 Å². The Hall–Kier alpha value is -0.480. The minimum Gasteiger partial charge on any atom is -0.344 e. The fraction of sp³-hybridized carbons (Fsp3) is 0.545. The molecule has 0 saturated carbocycles. The minimum absolute atomic E-state index is 0.157. The van der Waals surface area contributed by atoms with Crippen LogP contribution < -0.4 is 0 Å². The Morgan fingerprint density at radius 3 is 3.00 bits per heavy atom. The first-order chi connectivity index (χ1) is 7.18. The number of likely N-dealkylation sites (N-methyl/N-ethyl adjacent to an activating group) is 1. The van der Waals surface area contributed by atoms with Crippen LogP contribution in [0.15, 0.2) is 17.5 Å².